The number of nitrogens with one attached hydrogen (secondary N) is 1. The molecule has 1 unspecified atom stereocenters. The summed E-state index contributed by atoms with van der Waals surface area (Å²) in [5.41, 5.74) is 2.44. The maximum Gasteiger partial charge on any atom is 0.246 e. The van der Waals surface area contributed by atoms with Gasteiger partial charge in [0.2, 0.25) is 11.8 Å². The molecule has 1 saturated heterocycles. The molecule has 0 radical (unpaired) electrons. The third-order valence-corrected chi connectivity index (χ3v) is 5.86. The highest BCUT2D eigenvalue weighted by atomic mass is 16.8. The fourth-order valence-electron chi connectivity index (χ4n) is 4.16. The summed E-state index contributed by atoms with van der Waals surface area (Å²) in [5.74, 6) is -0.286. The number of H-pyrrole nitrogens is 1. The van der Waals surface area contributed by atoms with Crippen LogP contribution < -0.4 is 5.23 Å². The van der Waals surface area contributed by atoms with Crippen molar-refractivity contribution in [1.82, 2.24) is 14.8 Å². The molecule has 2 atom stereocenters. The first-order valence-electron chi connectivity index (χ1n) is 9.71. The van der Waals surface area contributed by atoms with Crippen LogP contribution in [0.3, 0.4) is 0 Å². The summed E-state index contributed by atoms with van der Waals surface area (Å²) in [4.78, 5) is 32.3. The number of aromatic amines is 1. The Morgan fingerprint density at radius 2 is 1.60 bits per heavy atom. The maximum absolute atomic E-state index is 13.2. The second-order valence-electron chi connectivity index (χ2n) is 7.61. The van der Waals surface area contributed by atoms with E-state index >= 15 is 0 Å². The zero-order valence-electron chi connectivity index (χ0n) is 16.8. The number of carbonyl (C=O) groups is 2. The summed E-state index contributed by atoms with van der Waals surface area (Å²) >= 11 is 0. The maximum atomic E-state index is 13.2. The van der Waals surface area contributed by atoms with Gasteiger partial charge in [-0.05, 0) is 23.3 Å². The quantitative estimate of drug-likeness (QED) is 0.632. The average molecular weight is 407 g/mol. The van der Waals surface area contributed by atoms with Gasteiger partial charge in [-0.15, -0.1) is 0 Å². The van der Waals surface area contributed by atoms with Crippen LogP contribution in [0.5, 0.6) is 0 Å². The lowest BCUT2D eigenvalue weighted by atomic mass is 9.95. The van der Waals surface area contributed by atoms with E-state index < -0.39 is 12.1 Å². The molecule has 30 heavy (non-hydrogen) atoms. The second kappa shape index (κ2) is 7.81. The topological polar surface area (TPSA) is 103 Å². The number of carbonyl (C=O) groups excluding carboxylic acids is 2. The van der Waals surface area contributed by atoms with Gasteiger partial charge in [0.1, 0.15) is 12.1 Å². The molecule has 2 N–H and O–H groups in total. The molecule has 2 amide bonds. The van der Waals surface area contributed by atoms with E-state index in [2.05, 4.69) is 4.98 Å². The number of fused-ring (bicyclic) bond motifs is 1. The molecule has 4 rings (SSSR count). The number of likely N-dealkylation sites (N-methyl/N-ethyl adjacent to an activating group) is 2. The van der Waals surface area contributed by atoms with Crippen LogP contribution in [-0.4, -0.2) is 58.0 Å². The smallest absolute Gasteiger partial charge is 0.246 e. The van der Waals surface area contributed by atoms with Crippen LogP contribution in [0, 0.1) is 5.21 Å². The summed E-state index contributed by atoms with van der Waals surface area (Å²) in [7, 11) is 3.29. The van der Waals surface area contributed by atoms with Gasteiger partial charge in [-0.25, -0.2) is 0 Å². The van der Waals surface area contributed by atoms with E-state index in [1.807, 2.05) is 30.3 Å². The Hall–Kier alpha value is -3.36. The van der Waals surface area contributed by atoms with Crippen molar-refractivity contribution in [2.24, 2.45) is 0 Å². The zero-order valence-corrected chi connectivity index (χ0v) is 16.8. The number of rotatable bonds is 5. The van der Waals surface area contributed by atoms with Gasteiger partial charge in [-0.3, -0.25) is 14.8 Å². The fraction of sp³-hybridized carbons (Fsp3) is 0.273. The molecule has 1 fully saturated rings. The number of amides is 2. The molecule has 0 bridgehead atoms. The highest BCUT2D eigenvalue weighted by molar-refractivity contribution is 5.99. The molecule has 1 aromatic heterocycles. The van der Waals surface area contributed by atoms with Crippen LogP contribution in [0.2, 0.25) is 0 Å². The standard InChI is InChI=1S/C22H23N4O4/c1-24-18(11-14-7-4-3-5-8-14)21(27)25(2)19(22(24)28)12-15-13-23-16-9-6-10-17(20(15)16)26(29)30/h3-10,13,18-19,23,29H,11-12H2,1-2H3/q-1/t18?,19-/m0/s1. The molecule has 8 heteroatoms. The van der Waals surface area contributed by atoms with Gasteiger partial charge in [0.15, 0.2) is 0 Å². The van der Waals surface area contributed by atoms with E-state index in [0.717, 1.165) is 5.56 Å². The van der Waals surface area contributed by atoms with Gasteiger partial charge >= 0.3 is 0 Å². The van der Waals surface area contributed by atoms with Gasteiger partial charge in [0.05, 0.1) is 5.69 Å². The van der Waals surface area contributed by atoms with Gasteiger partial charge in [0.25, 0.3) is 0 Å². The molecule has 0 saturated carbocycles. The Labute approximate surface area is 173 Å². The van der Waals surface area contributed by atoms with Crippen LogP contribution in [0.1, 0.15) is 11.1 Å². The minimum absolute atomic E-state index is 0.0938. The van der Waals surface area contributed by atoms with Crippen LogP contribution in [-0.2, 0) is 22.4 Å². The Kier molecular flexibility index (Phi) is 5.19. The van der Waals surface area contributed by atoms with Crippen LogP contribution >= 0.6 is 0 Å². The third kappa shape index (κ3) is 3.40. The van der Waals surface area contributed by atoms with Crippen LogP contribution in [0.15, 0.2) is 54.7 Å². The van der Waals surface area contributed by atoms with Crippen molar-refractivity contribution in [2.45, 2.75) is 24.9 Å². The van der Waals surface area contributed by atoms with Gasteiger partial charge in [-0.1, -0.05) is 36.4 Å². The van der Waals surface area contributed by atoms with E-state index in [9.17, 15) is 20.0 Å². The summed E-state index contributed by atoms with van der Waals surface area (Å²) in [6.45, 7) is 0. The monoisotopic (exact) mass is 407 g/mol. The second-order valence-corrected chi connectivity index (χ2v) is 7.61. The van der Waals surface area contributed by atoms with Gasteiger partial charge < -0.3 is 25.2 Å². The predicted octanol–water partition coefficient (Wildman–Crippen LogP) is 2.31. The molecule has 8 nitrogen and oxygen atoms in total. The molecule has 0 spiro atoms. The lowest BCUT2D eigenvalue weighted by Crippen LogP contribution is -2.63. The van der Waals surface area contributed by atoms with Crippen molar-refractivity contribution in [3.05, 3.63) is 71.1 Å². The Bertz CT molecular complexity index is 1080. The van der Waals surface area contributed by atoms with E-state index in [0.29, 0.717) is 22.9 Å². The first kappa shape index (κ1) is 19.9. The lowest BCUT2D eigenvalue weighted by molar-refractivity contribution is -0.158. The number of benzene rings is 2. The largest absolute Gasteiger partial charge is 0.733 e. The molecule has 2 heterocycles. The molecule has 1 aliphatic rings. The molecular formula is C22H23N4O4-. The van der Waals surface area contributed by atoms with E-state index in [1.54, 1.807) is 32.4 Å². The number of piperazine rings is 1. The Balaban J connectivity index is 1.62. The van der Waals surface area contributed by atoms with Crippen molar-refractivity contribution in [3.63, 3.8) is 0 Å². The van der Waals surface area contributed by atoms with Gasteiger partial charge in [-0.2, -0.15) is 0 Å². The lowest BCUT2D eigenvalue weighted by Gasteiger charge is -2.42. The first-order chi connectivity index (χ1) is 14.4. The number of anilines is 1. The zero-order chi connectivity index (χ0) is 21.4. The predicted molar refractivity (Wildman–Crippen MR) is 113 cm³/mol. The molecule has 3 aromatic rings. The molecule has 1 aliphatic heterocycles. The highest BCUT2D eigenvalue weighted by Gasteiger charge is 2.42. The Morgan fingerprint density at radius 1 is 0.967 bits per heavy atom. The van der Waals surface area contributed by atoms with Crippen molar-refractivity contribution in [1.29, 1.82) is 0 Å². The van der Waals surface area contributed by atoms with Crippen molar-refractivity contribution in [3.8, 4) is 0 Å². The number of aromatic nitrogens is 1. The van der Waals surface area contributed by atoms with Crippen LogP contribution in [0.4, 0.5) is 5.69 Å². The normalized spacial score (nSPS) is 19.6. The van der Waals surface area contributed by atoms with E-state index in [-0.39, 0.29) is 29.1 Å². The van der Waals surface area contributed by atoms with E-state index in [1.165, 1.54) is 15.9 Å². The number of nitrogens with zero attached hydrogens (tertiary/aromatic N) is 3. The van der Waals surface area contributed by atoms with Crippen molar-refractivity contribution < 1.29 is 14.8 Å². The molecule has 156 valence electrons. The Morgan fingerprint density at radius 3 is 2.23 bits per heavy atom. The summed E-state index contributed by atoms with van der Waals surface area (Å²) < 4.78 is 0. The minimum Gasteiger partial charge on any atom is -0.733 e. The molecular weight excluding hydrogens is 384 g/mol. The summed E-state index contributed by atoms with van der Waals surface area (Å²) in [5, 5.41) is 21.4. The molecule has 0 aliphatic carbocycles. The number of hydrogen-bond donors (Lipinski definition) is 2. The minimum atomic E-state index is -0.694. The van der Waals surface area contributed by atoms with Crippen molar-refractivity contribution in [2.75, 3.05) is 19.3 Å². The highest BCUT2D eigenvalue weighted by Crippen LogP contribution is 2.31. The van der Waals surface area contributed by atoms with Crippen molar-refractivity contribution >= 4 is 28.4 Å². The van der Waals surface area contributed by atoms with Crippen LogP contribution in [0.25, 0.3) is 10.9 Å². The summed E-state index contributed by atoms with van der Waals surface area (Å²) in [6.07, 6.45) is 2.39. The van der Waals surface area contributed by atoms with Gasteiger partial charge in [0, 0.05) is 44.0 Å². The summed E-state index contributed by atoms with van der Waals surface area (Å²) in [6, 6.07) is 13.3. The molecule has 2 aromatic carbocycles. The number of hydrogen-bond acceptors (Lipinski definition) is 5. The third-order valence-electron chi connectivity index (χ3n) is 5.86. The average Bonchev–Trinajstić information content (AvgIpc) is 3.16. The van der Waals surface area contributed by atoms with E-state index in [4.69, 9.17) is 0 Å². The first-order valence-corrected chi connectivity index (χ1v) is 9.71. The SMILES string of the molecule is CN1C(=O)[C@H](Cc2c[nH]c3cccc(N([O-])O)c23)N(C)C(=O)C1Cc1ccccc1. The fourth-order valence-corrected chi connectivity index (χ4v) is 4.16.